The molecule has 11 nitrogen and oxygen atoms in total. The van der Waals surface area contributed by atoms with Gasteiger partial charge in [0.05, 0.1) is 0 Å². The van der Waals surface area contributed by atoms with Gasteiger partial charge in [-0.3, -0.25) is 20.3 Å². The van der Waals surface area contributed by atoms with E-state index >= 15 is 0 Å². The quantitative estimate of drug-likeness (QED) is 0.169. The van der Waals surface area contributed by atoms with Crippen molar-refractivity contribution in [2.24, 2.45) is 11.5 Å². The van der Waals surface area contributed by atoms with E-state index in [1.54, 1.807) is 30.3 Å². The van der Waals surface area contributed by atoms with Crippen molar-refractivity contribution in [2.45, 2.75) is 31.7 Å². The Hall–Kier alpha value is -3.21. The number of amides is 1. The van der Waals surface area contributed by atoms with Crippen molar-refractivity contribution in [3.63, 3.8) is 0 Å². The molecule has 0 radical (unpaired) electrons. The zero-order chi connectivity index (χ0) is 19.0. The Morgan fingerprint density at radius 1 is 1.32 bits per heavy atom. The fraction of sp³-hybridized carbons (Fsp3) is 0.357. The first-order chi connectivity index (χ1) is 11.7. The summed E-state index contributed by atoms with van der Waals surface area (Å²) in [6.45, 7) is -0.164. The lowest BCUT2D eigenvalue weighted by atomic mass is 10.1. The summed E-state index contributed by atoms with van der Waals surface area (Å²) in [6.07, 6.45) is -3.62. The van der Waals surface area contributed by atoms with E-state index in [4.69, 9.17) is 26.7 Å². The second-order valence-corrected chi connectivity index (χ2v) is 5.08. The molecular formula is C14H19N5O6. The van der Waals surface area contributed by atoms with Gasteiger partial charge in [0.2, 0.25) is 5.96 Å². The average molecular weight is 353 g/mol. The third-order valence-electron chi connectivity index (χ3n) is 3.26. The van der Waals surface area contributed by atoms with Crippen molar-refractivity contribution in [3.8, 4) is 0 Å². The fourth-order valence-corrected chi connectivity index (χ4v) is 1.95. The summed E-state index contributed by atoms with van der Waals surface area (Å²) in [6, 6.07) is 7.24. The van der Waals surface area contributed by atoms with Gasteiger partial charge in [0.15, 0.2) is 0 Å². The minimum atomic E-state index is -1.76. The van der Waals surface area contributed by atoms with Gasteiger partial charge in [-0.2, -0.15) is 4.90 Å². The number of ether oxygens (including phenoxy) is 1. The summed E-state index contributed by atoms with van der Waals surface area (Å²) in [5, 5.41) is 27.4. The Balaban J connectivity index is 2.81. The van der Waals surface area contributed by atoms with Crippen LogP contribution in [-0.4, -0.2) is 45.2 Å². The van der Waals surface area contributed by atoms with Crippen molar-refractivity contribution in [3.05, 3.63) is 46.0 Å². The average Bonchev–Trinajstić information content (AvgIpc) is 2.56. The molecule has 0 aromatic heterocycles. The maximum Gasteiger partial charge on any atom is 0.422 e. The number of hydrogen-bond donors (Lipinski definition) is 4. The summed E-state index contributed by atoms with van der Waals surface area (Å²) < 4.78 is 4.95. The highest BCUT2D eigenvalue weighted by Crippen LogP contribution is 2.12. The summed E-state index contributed by atoms with van der Waals surface area (Å²) in [5.41, 5.74) is 11.2. The SMILES string of the molecule is N=C(N)N(C(=O)OCc1ccccc1)C(CC[C@H](N)C(=O)O)[N+](=O)[O-]. The molecule has 0 aliphatic rings. The molecule has 11 heteroatoms. The van der Waals surface area contributed by atoms with E-state index in [1.165, 1.54) is 0 Å². The Morgan fingerprint density at radius 3 is 2.40 bits per heavy atom. The molecule has 0 spiro atoms. The van der Waals surface area contributed by atoms with Gasteiger partial charge in [-0.05, 0) is 12.0 Å². The van der Waals surface area contributed by atoms with Gasteiger partial charge in [-0.15, -0.1) is 0 Å². The molecule has 0 aliphatic heterocycles. The van der Waals surface area contributed by atoms with E-state index < -0.39 is 41.6 Å². The number of nitrogens with zero attached hydrogens (tertiary/aromatic N) is 2. The predicted molar refractivity (Wildman–Crippen MR) is 86.0 cm³/mol. The van der Waals surface area contributed by atoms with E-state index in [1.807, 2.05) is 0 Å². The van der Waals surface area contributed by atoms with Crippen LogP contribution in [0.5, 0.6) is 0 Å². The van der Waals surface area contributed by atoms with E-state index in [9.17, 15) is 19.7 Å². The van der Waals surface area contributed by atoms with E-state index in [0.29, 0.717) is 10.5 Å². The first-order valence-electron chi connectivity index (χ1n) is 7.19. The largest absolute Gasteiger partial charge is 0.480 e. The smallest absolute Gasteiger partial charge is 0.422 e. The second kappa shape index (κ2) is 9.17. The second-order valence-electron chi connectivity index (χ2n) is 5.08. The fourth-order valence-electron chi connectivity index (χ4n) is 1.95. The third kappa shape index (κ3) is 6.06. The predicted octanol–water partition coefficient (Wildman–Crippen LogP) is 0.314. The highest BCUT2D eigenvalue weighted by Gasteiger charge is 2.37. The summed E-state index contributed by atoms with van der Waals surface area (Å²) in [5.74, 6) is -2.22. The molecule has 1 amide bonds. The van der Waals surface area contributed by atoms with E-state index in [2.05, 4.69) is 0 Å². The van der Waals surface area contributed by atoms with Crippen molar-refractivity contribution in [1.82, 2.24) is 4.90 Å². The van der Waals surface area contributed by atoms with Gasteiger partial charge in [-0.25, -0.2) is 4.79 Å². The first kappa shape index (κ1) is 19.8. The van der Waals surface area contributed by atoms with Crippen LogP contribution in [0.4, 0.5) is 4.79 Å². The third-order valence-corrected chi connectivity index (χ3v) is 3.26. The number of carbonyl (C=O) groups is 2. The minimum Gasteiger partial charge on any atom is -0.480 e. The molecule has 25 heavy (non-hydrogen) atoms. The number of nitro groups is 1. The van der Waals surface area contributed by atoms with Crippen LogP contribution in [-0.2, 0) is 16.1 Å². The first-order valence-corrected chi connectivity index (χ1v) is 7.19. The summed E-state index contributed by atoms with van der Waals surface area (Å²) >= 11 is 0. The lowest BCUT2D eigenvalue weighted by Crippen LogP contribution is -2.52. The zero-order valence-corrected chi connectivity index (χ0v) is 13.2. The molecule has 0 bridgehead atoms. The number of aliphatic carboxylic acids is 1. The molecule has 1 aromatic carbocycles. The number of nitrogens with two attached hydrogens (primary N) is 2. The molecule has 0 heterocycles. The molecule has 2 atom stereocenters. The van der Waals surface area contributed by atoms with Crippen molar-refractivity contribution < 1.29 is 24.4 Å². The number of carboxylic acids is 1. The summed E-state index contributed by atoms with van der Waals surface area (Å²) in [7, 11) is 0. The number of hydrogen-bond acceptors (Lipinski definition) is 7. The van der Waals surface area contributed by atoms with Crippen LogP contribution in [0.1, 0.15) is 18.4 Å². The van der Waals surface area contributed by atoms with E-state index in [-0.39, 0.29) is 13.0 Å². The Bertz CT molecular complexity index is 638. The van der Waals surface area contributed by atoms with Gasteiger partial charge in [-0.1, -0.05) is 30.3 Å². The number of benzene rings is 1. The molecule has 1 rings (SSSR count). The molecule has 0 saturated heterocycles. The van der Waals surface area contributed by atoms with Crippen molar-refractivity contribution in [2.75, 3.05) is 0 Å². The number of nitrogens with one attached hydrogen (secondary N) is 1. The lowest BCUT2D eigenvalue weighted by Gasteiger charge is -2.23. The maximum atomic E-state index is 12.1. The number of rotatable bonds is 8. The Kier molecular flexibility index (Phi) is 7.28. The van der Waals surface area contributed by atoms with Crippen molar-refractivity contribution in [1.29, 1.82) is 5.41 Å². The van der Waals surface area contributed by atoms with Crippen LogP contribution in [0, 0.1) is 15.5 Å². The minimum absolute atomic E-state index is 0.164. The normalized spacial score (nSPS) is 12.7. The Morgan fingerprint density at radius 2 is 1.92 bits per heavy atom. The molecular weight excluding hydrogens is 334 g/mol. The molecule has 0 fully saturated rings. The maximum absolute atomic E-state index is 12.1. The van der Waals surface area contributed by atoms with E-state index in [0.717, 1.165) is 0 Å². The van der Waals surface area contributed by atoms with Crippen LogP contribution in [0.15, 0.2) is 30.3 Å². The van der Waals surface area contributed by atoms with Gasteiger partial charge < -0.3 is 21.3 Å². The number of carboxylic acid groups (broad SMARTS) is 1. The summed E-state index contributed by atoms with van der Waals surface area (Å²) in [4.78, 5) is 33.6. The highest BCUT2D eigenvalue weighted by molar-refractivity contribution is 5.91. The molecule has 136 valence electrons. The molecule has 1 unspecified atom stereocenters. The Labute approximate surface area is 142 Å². The molecule has 0 aliphatic carbocycles. The number of carbonyl (C=O) groups excluding carboxylic acids is 1. The van der Waals surface area contributed by atoms with Crippen LogP contribution in [0.25, 0.3) is 0 Å². The van der Waals surface area contributed by atoms with Gasteiger partial charge in [0, 0.05) is 11.3 Å². The van der Waals surface area contributed by atoms with Gasteiger partial charge >= 0.3 is 12.1 Å². The van der Waals surface area contributed by atoms with Crippen LogP contribution < -0.4 is 11.5 Å². The van der Waals surface area contributed by atoms with Crippen LogP contribution in [0.3, 0.4) is 0 Å². The highest BCUT2D eigenvalue weighted by atomic mass is 16.6. The lowest BCUT2D eigenvalue weighted by molar-refractivity contribution is -0.542. The standard InChI is InChI=1S/C14H19N5O6/c15-10(12(20)21)6-7-11(19(23)24)18(13(16)17)14(22)25-8-9-4-2-1-3-5-9/h1-5,10-11H,6-8,15H2,(H3,16,17)(H,20,21)/t10-,11?/m0/s1. The van der Waals surface area contributed by atoms with Crippen molar-refractivity contribution >= 4 is 18.0 Å². The topological polar surface area (TPSA) is 186 Å². The van der Waals surface area contributed by atoms with Crippen LogP contribution >= 0.6 is 0 Å². The zero-order valence-electron chi connectivity index (χ0n) is 13.2. The van der Waals surface area contributed by atoms with Gasteiger partial charge in [0.25, 0.3) is 6.17 Å². The van der Waals surface area contributed by atoms with Crippen LogP contribution in [0.2, 0.25) is 0 Å². The number of guanidine groups is 1. The van der Waals surface area contributed by atoms with Gasteiger partial charge in [0.1, 0.15) is 12.6 Å². The molecule has 6 N–H and O–H groups in total. The molecule has 1 aromatic rings. The monoisotopic (exact) mass is 353 g/mol. The molecule has 0 saturated carbocycles.